The lowest BCUT2D eigenvalue weighted by molar-refractivity contribution is -0.137. The minimum absolute atomic E-state index is 0.0264. The molecule has 1 atom stereocenters. The van der Waals surface area contributed by atoms with Gasteiger partial charge in [0.2, 0.25) is 0 Å². The van der Waals surface area contributed by atoms with Gasteiger partial charge >= 0.3 is 6.18 Å². The van der Waals surface area contributed by atoms with Gasteiger partial charge in [-0.2, -0.15) is 13.2 Å². The number of aliphatic hydroxyl groups excluding tert-OH is 1. The van der Waals surface area contributed by atoms with E-state index in [0.717, 1.165) is 30.5 Å². The number of nitrogens with one attached hydrogen (secondary N) is 1. The number of aryl methyl sites for hydroxylation is 1. The van der Waals surface area contributed by atoms with Gasteiger partial charge in [0, 0.05) is 24.0 Å². The average molecular weight is 533 g/mol. The summed E-state index contributed by atoms with van der Waals surface area (Å²) in [6, 6.07) is 6.56. The zero-order valence-electron chi connectivity index (χ0n) is 18.5. The smallest absolute Gasteiger partial charge is 0.394 e. The highest BCUT2D eigenvalue weighted by Crippen LogP contribution is 2.35. The maximum absolute atomic E-state index is 14.3. The summed E-state index contributed by atoms with van der Waals surface area (Å²) >= 11 is 5.97. The van der Waals surface area contributed by atoms with E-state index in [2.05, 4.69) is 5.32 Å². The number of halogens is 5. The molecule has 1 heterocycles. The van der Waals surface area contributed by atoms with E-state index in [1.165, 1.54) is 22.8 Å². The summed E-state index contributed by atoms with van der Waals surface area (Å²) in [5, 5.41) is 12.2. The molecule has 0 fully saturated rings. The van der Waals surface area contributed by atoms with Crippen LogP contribution in [0.5, 0.6) is 0 Å². The summed E-state index contributed by atoms with van der Waals surface area (Å²) in [5.41, 5.74) is 0.0660. The third kappa shape index (κ3) is 5.68. The van der Waals surface area contributed by atoms with Gasteiger partial charge in [0.15, 0.2) is 9.84 Å². The quantitative estimate of drug-likeness (QED) is 0.329. The van der Waals surface area contributed by atoms with Gasteiger partial charge in [-0.3, -0.25) is 4.79 Å². The lowest BCUT2D eigenvalue weighted by atomic mass is 10.0. The molecule has 0 aliphatic carbocycles. The minimum Gasteiger partial charge on any atom is -0.394 e. The first-order chi connectivity index (χ1) is 16.3. The number of aliphatic hydroxyl groups is 1. The molecule has 3 aromatic rings. The number of carbonyl (C=O) groups excluding carboxylic acids is 1. The largest absolute Gasteiger partial charge is 0.416 e. The van der Waals surface area contributed by atoms with E-state index in [1.54, 1.807) is 13.1 Å². The molecule has 0 spiro atoms. The lowest BCUT2D eigenvalue weighted by Gasteiger charge is -2.19. The van der Waals surface area contributed by atoms with Crippen LogP contribution in [0.15, 0.2) is 53.6 Å². The molecule has 1 amide bonds. The molecule has 188 valence electrons. The van der Waals surface area contributed by atoms with Gasteiger partial charge in [-0.1, -0.05) is 12.1 Å². The Labute approximate surface area is 204 Å². The monoisotopic (exact) mass is 532 g/mol. The maximum Gasteiger partial charge on any atom is 0.416 e. The number of benzene rings is 2. The second-order valence-electron chi connectivity index (χ2n) is 7.88. The Kier molecular flexibility index (Phi) is 7.63. The first kappa shape index (κ1) is 26.7. The Balaban J connectivity index is 2.09. The van der Waals surface area contributed by atoms with Gasteiger partial charge in [-0.05, 0) is 48.4 Å². The molecule has 1 unspecified atom stereocenters. The number of amides is 1. The van der Waals surface area contributed by atoms with Crippen LogP contribution in [0.4, 0.5) is 23.2 Å². The number of aromatic nitrogens is 1. The fourth-order valence-electron chi connectivity index (χ4n) is 3.62. The number of nitrogens with zero attached hydrogens (tertiary/aromatic N) is 1. The van der Waals surface area contributed by atoms with Crippen molar-refractivity contribution >= 4 is 33.0 Å². The van der Waals surface area contributed by atoms with Crippen LogP contribution in [0, 0.1) is 12.7 Å². The molecule has 0 aliphatic heterocycles. The standard InChI is InChI=1S/C23H21ClF4N2O4S/c1-13-11-30(17(10-24)12-31)21(14-3-5-15(6-4-14)23(26,27)28)20(13)22(32)29-16-7-8-19(18(25)9-16)35(2,33)34/h3-9,11,17,31H,10,12H2,1-2H3,(H,29,32). The highest BCUT2D eigenvalue weighted by atomic mass is 35.5. The zero-order valence-corrected chi connectivity index (χ0v) is 20.1. The summed E-state index contributed by atoms with van der Waals surface area (Å²) in [4.78, 5) is 12.7. The normalized spacial score (nSPS) is 13.0. The number of hydrogen-bond donors (Lipinski definition) is 2. The molecule has 2 N–H and O–H groups in total. The predicted octanol–water partition coefficient (Wildman–Crippen LogP) is 5.05. The van der Waals surface area contributed by atoms with Crippen molar-refractivity contribution in [3.63, 3.8) is 0 Å². The average Bonchev–Trinajstić information content (AvgIpc) is 3.10. The molecule has 12 heteroatoms. The molecule has 0 bridgehead atoms. The van der Waals surface area contributed by atoms with Crippen LogP contribution >= 0.6 is 11.6 Å². The Morgan fingerprint density at radius 2 is 1.80 bits per heavy atom. The summed E-state index contributed by atoms with van der Waals surface area (Å²) in [7, 11) is -3.81. The molecule has 0 radical (unpaired) electrons. The summed E-state index contributed by atoms with van der Waals surface area (Å²) in [6.45, 7) is 1.19. The molecule has 6 nitrogen and oxygen atoms in total. The van der Waals surface area contributed by atoms with Crippen molar-refractivity contribution in [2.24, 2.45) is 0 Å². The molecule has 35 heavy (non-hydrogen) atoms. The van der Waals surface area contributed by atoms with Crippen LogP contribution in [0.1, 0.15) is 27.5 Å². The molecule has 0 aliphatic rings. The second-order valence-corrected chi connectivity index (χ2v) is 10.2. The minimum atomic E-state index is -4.55. The van der Waals surface area contributed by atoms with Crippen LogP contribution in [0.3, 0.4) is 0 Å². The number of anilines is 1. The van der Waals surface area contributed by atoms with E-state index < -0.39 is 50.8 Å². The number of hydrogen-bond acceptors (Lipinski definition) is 4. The van der Waals surface area contributed by atoms with E-state index in [1.807, 2.05) is 0 Å². The molecule has 3 rings (SSSR count). The molecule has 1 aromatic heterocycles. The van der Waals surface area contributed by atoms with E-state index in [0.29, 0.717) is 5.56 Å². The van der Waals surface area contributed by atoms with Crippen molar-refractivity contribution in [1.29, 1.82) is 0 Å². The van der Waals surface area contributed by atoms with Crippen molar-refractivity contribution in [2.75, 3.05) is 24.1 Å². The first-order valence-electron chi connectivity index (χ1n) is 10.1. The second kappa shape index (κ2) is 10.00. The van der Waals surface area contributed by atoms with Crippen molar-refractivity contribution in [2.45, 2.75) is 24.0 Å². The summed E-state index contributed by atoms with van der Waals surface area (Å²) in [5.74, 6) is -1.81. The van der Waals surface area contributed by atoms with Crippen molar-refractivity contribution in [1.82, 2.24) is 4.57 Å². The number of alkyl halides is 4. The van der Waals surface area contributed by atoms with Crippen LogP contribution in [0.25, 0.3) is 11.3 Å². The molecule has 0 saturated carbocycles. The van der Waals surface area contributed by atoms with E-state index >= 15 is 0 Å². The first-order valence-corrected chi connectivity index (χ1v) is 12.6. The van der Waals surface area contributed by atoms with Crippen molar-refractivity contribution in [3.8, 4) is 11.3 Å². The molecular formula is C23H21ClF4N2O4S. The van der Waals surface area contributed by atoms with Crippen LogP contribution in [-0.2, 0) is 16.0 Å². The van der Waals surface area contributed by atoms with Gasteiger partial charge in [-0.25, -0.2) is 12.8 Å². The number of carbonyl (C=O) groups is 1. The third-order valence-electron chi connectivity index (χ3n) is 5.31. The predicted molar refractivity (Wildman–Crippen MR) is 124 cm³/mol. The Bertz CT molecular complexity index is 1350. The Morgan fingerprint density at radius 1 is 1.17 bits per heavy atom. The number of sulfone groups is 1. The van der Waals surface area contributed by atoms with Gasteiger partial charge < -0.3 is 15.0 Å². The van der Waals surface area contributed by atoms with E-state index in [4.69, 9.17) is 11.6 Å². The Morgan fingerprint density at radius 3 is 2.29 bits per heavy atom. The lowest BCUT2D eigenvalue weighted by Crippen LogP contribution is -2.18. The van der Waals surface area contributed by atoms with Crippen LogP contribution in [0.2, 0.25) is 0 Å². The third-order valence-corrected chi connectivity index (χ3v) is 6.79. The summed E-state index contributed by atoms with van der Waals surface area (Å²) < 4.78 is 78.2. The van der Waals surface area contributed by atoms with E-state index in [-0.39, 0.29) is 28.4 Å². The fraction of sp³-hybridized carbons (Fsp3) is 0.261. The van der Waals surface area contributed by atoms with Crippen molar-refractivity contribution < 1.29 is 35.9 Å². The fourth-order valence-corrected chi connectivity index (χ4v) is 4.60. The number of rotatable bonds is 7. The topological polar surface area (TPSA) is 88.4 Å². The van der Waals surface area contributed by atoms with Crippen molar-refractivity contribution in [3.05, 3.63) is 71.2 Å². The zero-order chi connectivity index (χ0) is 26.1. The molecule has 2 aromatic carbocycles. The summed E-state index contributed by atoms with van der Waals surface area (Å²) in [6.07, 6.45) is -2.16. The molecular weight excluding hydrogens is 512 g/mol. The SMILES string of the molecule is Cc1cn(C(CO)CCl)c(-c2ccc(C(F)(F)F)cc2)c1C(=O)Nc1ccc(S(C)(=O)=O)c(F)c1. The highest BCUT2D eigenvalue weighted by molar-refractivity contribution is 7.90. The van der Waals surface area contributed by atoms with Gasteiger partial charge in [0.05, 0.1) is 29.5 Å². The van der Waals surface area contributed by atoms with Gasteiger partial charge in [0.25, 0.3) is 5.91 Å². The highest BCUT2D eigenvalue weighted by Gasteiger charge is 2.31. The van der Waals surface area contributed by atoms with E-state index in [9.17, 15) is 35.9 Å². The maximum atomic E-state index is 14.3. The van der Waals surface area contributed by atoms with Gasteiger partial charge in [-0.15, -0.1) is 11.6 Å². The Hall–Kier alpha value is -2.89. The van der Waals surface area contributed by atoms with Crippen LogP contribution < -0.4 is 5.32 Å². The van der Waals surface area contributed by atoms with Crippen LogP contribution in [-0.4, -0.2) is 42.7 Å². The van der Waals surface area contributed by atoms with Gasteiger partial charge in [0.1, 0.15) is 10.7 Å². The molecule has 0 saturated heterocycles.